The molecular weight excluding hydrogens is 295 g/mol. The van der Waals surface area contributed by atoms with Crippen LogP contribution < -0.4 is 10.2 Å². The third kappa shape index (κ3) is 5.21. The lowest BCUT2D eigenvalue weighted by Crippen LogP contribution is -2.18. The lowest BCUT2D eigenvalue weighted by molar-refractivity contribution is 0.0951. The lowest BCUT2D eigenvalue weighted by Gasteiger charge is -2.05. The van der Waals surface area contributed by atoms with Crippen molar-refractivity contribution in [2.24, 2.45) is 5.10 Å². The van der Waals surface area contributed by atoms with Crippen LogP contribution in [0.15, 0.2) is 53.6 Å². The molecule has 120 valence electrons. The van der Waals surface area contributed by atoms with E-state index in [0.29, 0.717) is 6.61 Å². The smallest absolute Gasteiger partial charge is 0.274 e. The van der Waals surface area contributed by atoms with E-state index < -0.39 is 11.7 Å². The summed E-state index contributed by atoms with van der Waals surface area (Å²) in [5, 5.41) is 3.83. The van der Waals surface area contributed by atoms with E-state index in [1.807, 2.05) is 24.3 Å². The third-order valence-corrected chi connectivity index (χ3v) is 3.14. The van der Waals surface area contributed by atoms with Gasteiger partial charge in [-0.2, -0.15) is 5.10 Å². The van der Waals surface area contributed by atoms with Crippen molar-refractivity contribution in [2.45, 2.75) is 19.8 Å². The van der Waals surface area contributed by atoms with E-state index in [9.17, 15) is 9.18 Å². The van der Waals surface area contributed by atoms with Crippen molar-refractivity contribution in [1.29, 1.82) is 0 Å². The van der Waals surface area contributed by atoms with E-state index in [4.69, 9.17) is 4.74 Å². The number of benzene rings is 2. The summed E-state index contributed by atoms with van der Waals surface area (Å²) >= 11 is 0. The quantitative estimate of drug-likeness (QED) is 0.480. The van der Waals surface area contributed by atoms with Gasteiger partial charge in [-0.05, 0) is 48.4 Å². The second-order valence-electron chi connectivity index (χ2n) is 4.95. The molecule has 0 fully saturated rings. The Kier molecular flexibility index (Phi) is 6.29. The third-order valence-electron chi connectivity index (χ3n) is 3.14. The van der Waals surface area contributed by atoms with Crippen LogP contribution in [0.1, 0.15) is 35.7 Å². The Labute approximate surface area is 135 Å². The number of hydrogen-bond acceptors (Lipinski definition) is 3. The van der Waals surface area contributed by atoms with Crippen molar-refractivity contribution in [1.82, 2.24) is 5.43 Å². The van der Waals surface area contributed by atoms with Crippen LogP contribution in [0.3, 0.4) is 0 Å². The number of nitrogens with zero attached hydrogens (tertiary/aromatic N) is 1. The van der Waals surface area contributed by atoms with Crippen molar-refractivity contribution in [3.8, 4) is 5.75 Å². The highest BCUT2D eigenvalue weighted by atomic mass is 19.1. The van der Waals surface area contributed by atoms with Crippen LogP contribution in [0, 0.1) is 5.82 Å². The minimum Gasteiger partial charge on any atom is -0.494 e. The van der Waals surface area contributed by atoms with E-state index in [0.717, 1.165) is 24.2 Å². The Morgan fingerprint density at radius 1 is 1.22 bits per heavy atom. The molecule has 0 saturated carbocycles. The number of amides is 1. The number of carbonyl (C=O) groups excluding carboxylic acids is 1. The van der Waals surface area contributed by atoms with Crippen molar-refractivity contribution in [3.05, 3.63) is 65.5 Å². The standard InChI is InChI=1S/C18H19FN2O2/c1-2-3-12-23-15-10-8-14(9-11-15)13-20-21-18(22)16-6-4-5-7-17(16)19/h4-11,13H,2-3,12H2,1H3,(H,21,22)/b20-13-. The molecule has 0 heterocycles. The van der Waals surface area contributed by atoms with Gasteiger partial charge in [-0.25, -0.2) is 9.82 Å². The van der Waals surface area contributed by atoms with Crippen LogP contribution in [0.5, 0.6) is 5.75 Å². The average molecular weight is 314 g/mol. The molecule has 0 spiro atoms. The maximum absolute atomic E-state index is 13.4. The van der Waals surface area contributed by atoms with Crippen molar-refractivity contribution in [3.63, 3.8) is 0 Å². The van der Waals surface area contributed by atoms with Crippen LogP contribution in [0.25, 0.3) is 0 Å². The fraction of sp³-hybridized carbons (Fsp3) is 0.222. The summed E-state index contributed by atoms with van der Waals surface area (Å²) in [6.45, 7) is 2.81. The van der Waals surface area contributed by atoms with Crippen molar-refractivity contribution in [2.75, 3.05) is 6.61 Å². The van der Waals surface area contributed by atoms with Crippen molar-refractivity contribution < 1.29 is 13.9 Å². The summed E-state index contributed by atoms with van der Waals surface area (Å²) in [6.07, 6.45) is 3.60. The van der Waals surface area contributed by atoms with Crippen molar-refractivity contribution >= 4 is 12.1 Å². The zero-order valence-electron chi connectivity index (χ0n) is 13.0. The average Bonchev–Trinajstić information content (AvgIpc) is 2.57. The summed E-state index contributed by atoms with van der Waals surface area (Å²) in [4.78, 5) is 11.8. The van der Waals surface area contributed by atoms with Gasteiger partial charge in [0.2, 0.25) is 0 Å². The maximum atomic E-state index is 13.4. The minimum atomic E-state index is -0.584. The van der Waals surface area contributed by atoms with Crippen LogP contribution >= 0.6 is 0 Å². The highest BCUT2D eigenvalue weighted by molar-refractivity contribution is 5.95. The summed E-state index contributed by atoms with van der Waals surface area (Å²) < 4.78 is 19.0. The van der Waals surface area contributed by atoms with E-state index >= 15 is 0 Å². The second kappa shape index (κ2) is 8.68. The fourth-order valence-corrected chi connectivity index (χ4v) is 1.86. The van der Waals surface area contributed by atoms with Crippen LogP contribution in [-0.2, 0) is 0 Å². The topological polar surface area (TPSA) is 50.7 Å². The fourth-order valence-electron chi connectivity index (χ4n) is 1.86. The number of unbranched alkanes of at least 4 members (excludes halogenated alkanes) is 1. The first kappa shape index (κ1) is 16.7. The molecule has 4 nitrogen and oxygen atoms in total. The summed E-state index contributed by atoms with van der Waals surface area (Å²) in [5.74, 6) is -0.362. The van der Waals surface area contributed by atoms with Gasteiger partial charge in [-0.15, -0.1) is 0 Å². The Balaban J connectivity index is 1.88. The van der Waals surface area contributed by atoms with Crippen LogP contribution in [-0.4, -0.2) is 18.7 Å². The molecule has 2 aromatic carbocycles. The molecule has 0 aliphatic carbocycles. The summed E-state index contributed by atoms with van der Waals surface area (Å²) in [5.41, 5.74) is 3.07. The zero-order valence-corrected chi connectivity index (χ0v) is 13.0. The first-order valence-electron chi connectivity index (χ1n) is 7.51. The molecule has 5 heteroatoms. The molecule has 0 aliphatic rings. The predicted molar refractivity (Wildman–Crippen MR) is 88.3 cm³/mol. The second-order valence-corrected chi connectivity index (χ2v) is 4.95. The molecule has 1 amide bonds. The lowest BCUT2D eigenvalue weighted by atomic mass is 10.2. The molecule has 0 radical (unpaired) electrons. The molecule has 0 aromatic heterocycles. The highest BCUT2D eigenvalue weighted by Gasteiger charge is 2.08. The first-order valence-corrected chi connectivity index (χ1v) is 7.51. The van der Waals surface area contributed by atoms with Gasteiger partial charge in [-0.1, -0.05) is 25.5 Å². The van der Waals surface area contributed by atoms with Gasteiger partial charge < -0.3 is 4.74 Å². The number of rotatable bonds is 7. The summed E-state index contributed by atoms with van der Waals surface area (Å²) in [7, 11) is 0. The summed E-state index contributed by atoms with van der Waals surface area (Å²) in [6, 6.07) is 13.1. The molecular formula is C18H19FN2O2. The number of hydrazone groups is 1. The number of carbonyl (C=O) groups is 1. The maximum Gasteiger partial charge on any atom is 0.274 e. The van der Waals surface area contributed by atoms with Gasteiger partial charge in [0, 0.05) is 0 Å². The van der Waals surface area contributed by atoms with Gasteiger partial charge in [0.1, 0.15) is 11.6 Å². The van der Waals surface area contributed by atoms with Crippen LogP contribution in [0.4, 0.5) is 4.39 Å². The largest absolute Gasteiger partial charge is 0.494 e. The molecule has 0 aliphatic heterocycles. The van der Waals surface area contributed by atoms with Gasteiger partial charge >= 0.3 is 0 Å². The molecule has 23 heavy (non-hydrogen) atoms. The van der Waals surface area contributed by atoms with E-state index in [-0.39, 0.29) is 5.56 Å². The normalized spacial score (nSPS) is 10.7. The first-order chi connectivity index (χ1) is 11.2. The van der Waals surface area contributed by atoms with Gasteiger partial charge in [0.05, 0.1) is 18.4 Å². The Bertz CT molecular complexity index is 669. The van der Waals surface area contributed by atoms with E-state index in [2.05, 4.69) is 17.5 Å². The molecule has 2 aromatic rings. The van der Waals surface area contributed by atoms with Crippen LogP contribution in [0.2, 0.25) is 0 Å². The number of ether oxygens (including phenoxy) is 1. The molecule has 0 saturated heterocycles. The SMILES string of the molecule is CCCCOc1ccc(/C=N\NC(=O)c2ccccc2F)cc1. The van der Waals surface area contributed by atoms with E-state index in [1.54, 1.807) is 6.07 Å². The molecule has 0 atom stereocenters. The number of nitrogens with one attached hydrogen (secondary N) is 1. The number of halogens is 1. The van der Waals surface area contributed by atoms with Gasteiger partial charge in [-0.3, -0.25) is 4.79 Å². The Hall–Kier alpha value is -2.69. The molecule has 1 N–H and O–H groups in total. The predicted octanol–water partition coefficient (Wildman–Crippen LogP) is 3.77. The Morgan fingerprint density at radius 2 is 1.96 bits per heavy atom. The van der Waals surface area contributed by atoms with Gasteiger partial charge in [0.15, 0.2) is 0 Å². The molecule has 0 unspecified atom stereocenters. The molecule has 0 bridgehead atoms. The van der Waals surface area contributed by atoms with E-state index in [1.165, 1.54) is 24.4 Å². The Morgan fingerprint density at radius 3 is 2.65 bits per heavy atom. The van der Waals surface area contributed by atoms with Gasteiger partial charge in [0.25, 0.3) is 5.91 Å². The zero-order chi connectivity index (χ0) is 16.5. The minimum absolute atomic E-state index is 0.0377. The monoisotopic (exact) mass is 314 g/mol. The number of hydrogen-bond donors (Lipinski definition) is 1. The molecule has 2 rings (SSSR count). The highest BCUT2D eigenvalue weighted by Crippen LogP contribution is 2.11.